The predicted octanol–water partition coefficient (Wildman–Crippen LogP) is 4.00. The first-order chi connectivity index (χ1) is 13.2. The molecule has 0 atom stereocenters. The summed E-state index contributed by atoms with van der Waals surface area (Å²) in [5.74, 6) is 0.621. The van der Waals surface area contributed by atoms with Crippen LogP contribution in [0, 0.1) is 6.92 Å². The molecule has 0 amide bonds. The number of aryl methyl sites for hydroxylation is 1. The van der Waals surface area contributed by atoms with Gasteiger partial charge >= 0.3 is 0 Å². The Kier molecular flexibility index (Phi) is 4.40. The normalized spacial score (nSPS) is 10.9. The minimum Gasteiger partial charge on any atom is -0.476 e. The largest absolute Gasteiger partial charge is 0.476 e. The van der Waals surface area contributed by atoms with Gasteiger partial charge in [0.1, 0.15) is 18.2 Å². The van der Waals surface area contributed by atoms with Gasteiger partial charge in [-0.3, -0.25) is 15.7 Å². The van der Waals surface area contributed by atoms with Crippen molar-refractivity contribution in [2.75, 3.05) is 6.73 Å². The maximum atomic E-state index is 5.48. The Hall–Kier alpha value is -3.51. The van der Waals surface area contributed by atoms with Gasteiger partial charge in [-0.15, -0.1) is 0 Å². The summed E-state index contributed by atoms with van der Waals surface area (Å²) in [7, 11) is 0. The van der Waals surface area contributed by atoms with Crippen molar-refractivity contribution in [2.45, 2.75) is 6.92 Å². The quantitative estimate of drug-likeness (QED) is 0.433. The number of hydrogen-bond donors (Lipinski definition) is 1. The Morgan fingerprint density at radius 1 is 1.07 bits per heavy atom. The lowest BCUT2D eigenvalue weighted by molar-refractivity contribution is 0.331. The van der Waals surface area contributed by atoms with Crippen molar-refractivity contribution in [3.05, 3.63) is 66.7 Å². The van der Waals surface area contributed by atoms with Crippen molar-refractivity contribution in [1.29, 1.82) is 0 Å². The number of benzene rings is 1. The molecule has 3 aromatic heterocycles. The minimum absolute atomic E-state index is 0.0953. The van der Waals surface area contributed by atoms with E-state index >= 15 is 0 Å². The summed E-state index contributed by atoms with van der Waals surface area (Å²) in [4.78, 5) is 8.16. The highest BCUT2D eigenvalue weighted by Crippen LogP contribution is 2.34. The maximum Gasteiger partial charge on any atom is 0.146 e. The average molecular weight is 357 g/mol. The summed E-state index contributed by atoms with van der Waals surface area (Å²) in [5, 5.41) is 4.54. The van der Waals surface area contributed by atoms with Gasteiger partial charge in [-0.25, -0.2) is 4.52 Å². The van der Waals surface area contributed by atoms with Crippen LogP contribution in [-0.2, 0) is 0 Å². The lowest BCUT2D eigenvalue weighted by atomic mass is 10.0. The van der Waals surface area contributed by atoms with Crippen molar-refractivity contribution in [2.24, 2.45) is 10.7 Å². The number of aliphatic imine (C=N–C) groups is 1. The molecule has 0 aliphatic carbocycles. The van der Waals surface area contributed by atoms with Gasteiger partial charge in [0.15, 0.2) is 0 Å². The second-order valence-corrected chi connectivity index (χ2v) is 6.13. The van der Waals surface area contributed by atoms with Crippen LogP contribution in [0.1, 0.15) is 5.69 Å². The van der Waals surface area contributed by atoms with Gasteiger partial charge in [0.2, 0.25) is 0 Å². The summed E-state index contributed by atoms with van der Waals surface area (Å²) >= 11 is 0. The highest BCUT2D eigenvalue weighted by Gasteiger charge is 2.12. The second kappa shape index (κ2) is 7.01. The molecule has 4 rings (SSSR count). The second-order valence-electron chi connectivity index (χ2n) is 6.13. The molecule has 0 unspecified atom stereocenters. The average Bonchev–Trinajstić information content (AvgIpc) is 3.14. The monoisotopic (exact) mass is 357 g/mol. The minimum atomic E-state index is 0.0953. The molecule has 0 saturated carbocycles. The first-order valence-corrected chi connectivity index (χ1v) is 8.54. The number of ether oxygens (including phenoxy) is 1. The van der Waals surface area contributed by atoms with Crippen LogP contribution in [0.3, 0.4) is 0 Å². The van der Waals surface area contributed by atoms with Crippen LogP contribution < -0.4 is 10.5 Å². The Morgan fingerprint density at radius 2 is 1.89 bits per heavy atom. The molecule has 134 valence electrons. The van der Waals surface area contributed by atoms with Gasteiger partial charge < -0.3 is 4.74 Å². The van der Waals surface area contributed by atoms with Gasteiger partial charge in [0.25, 0.3) is 0 Å². The third-order valence-corrected chi connectivity index (χ3v) is 4.49. The molecular weight excluding hydrogens is 338 g/mol. The van der Waals surface area contributed by atoms with Crippen LogP contribution in [0.4, 0.5) is 5.69 Å². The van der Waals surface area contributed by atoms with Gasteiger partial charge in [-0.1, -0.05) is 6.07 Å². The predicted molar refractivity (Wildman–Crippen MR) is 107 cm³/mol. The summed E-state index contributed by atoms with van der Waals surface area (Å²) in [5.41, 5.74) is 12.5. The zero-order chi connectivity index (χ0) is 18.8. The molecule has 0 fully saturated rings. The third-order valence-electron chi connectivity index (χ3n) is 4.49. The lowest BCUT2D eigenvalue weighted by Gasteiger charge is -2.11. The third kappa shape index (κ3) is 3.07. The molecule has 1 aromatic carbocycles. The molecule has 0 bridgehead atoms. The standard InChI is InChI=1S/C21H19N5O/c1-14-9-17(16-3-4-21(27-13-22)19(10-16)23-2)11-20-18(12-25-26(14)20)15-5-7-24-8-6-15/h3-12H,2,13,22H2,1H3. The van der Waals surface area contributed by atoms with E-state index < -0.39 is 0 Å². The molecule has 0 aliphatic rings. The summed E-state index contributed by atoms with van der Waals surface area (Å²) < 4.78 is 7.34. The van der Waals surface area contributed by atoms with Gasteiger partial charge in [-0.2, -0.15) is 5.10 Å². The fourth-order valence-electron chi connectivity index (χ4n) is 3.21. The van der Waals surface area contributed by atoms with Crippen LogP contribution in [0.2, 0.25) is 0 Å². The first kappa shape index (κ1) is 16.9. The van der Waals surface area contributed by atoms with Crippen LogP contribution in [0.15, 0.2) is 66.0 Å². The van der Waals surface area contributed by atoms with Gasteiger partial charge in [0, 0.05) is 23.7 Å². The molecule has 0 saturated heterocycles. The summed E-state index contributed by atoms with van der Waals surface area (Å²) in [6.45, 7) is 5.77. The van der Waals surface area contributed by atoms with E-state index in [-0.39, 0.29) is 6.73 Å². The molecular formula is C21H19N5O. The molecule has 6 heteroatoms. The van der Waals surface area contributed by atoms with Crippen molar-refractivity contribution in [1.82, 2.24) is 14.6 Å². The van der Waals surface area contributed by atoms with Crippen molar-refractivity contribution < 1.29 is 4.74 Å². The number of fused-ring (bicyclic) bond motifs is 1. The molecule has 0 spiro atoms. The number of pyridine rings is 2. The van der Waals surface area contributed by atoms with Gasteiger partial charge in [0.05, 0.1) is 11.7 Å². The fraction of sp³-hybridized carbons (Fsp3) is 0.0952. The summed E-state index contributed by atoms with van der Waals surface area (Å²) in [6.07, 6.45) is 5.46. The van der Waals surface area contributed by atoms with Crippen LogP contribution in [0.5, 0.6) is 5.75 Å². The van der Waals surface area contributed by atoms with Crippen molar-refractivity contribution >= 4 is 17.9 Å². The van der Waals surface area contributed by atoms with E-state index in [2.05, 4.69) is 33.9 Å². The molecule has 27 heavy (non-hydrogen) atoms. The zero-order valence-corrected chi connectivity index (χ0v) is 15.0. The van der Waals surface area contributed by atoms with Crippen LogP contribution in [-0.4, -0.2) is 28.0 Å². The molecule has 3 heterocycles. The van der Waals surface area contributed by atoms with Crippen LogP contribution >= 0.6 is 0 Å². The van der Waals surface area contributed by atoms with E-state index in [1.165, 1.54) is 0 Å². The first-order valence-electron chi connectivity index (χ1n) is 8.54. The Balaban J connectivity index is 1.87. The van der Waals surface area contributed by atoms with Crippen LogP contribution in [0.25, 0.3) is 27.8 Å². The number of nitrogens with two attached hydrogens (primary N) is 1. The van der Waals surface area contributed by atoms with E-state index in [0.29, 0.717) is 11.4 Å². The maximum absolute atomic E-state index is 5.48. The van der Waals surface area contributed by atoms with E-state index in [1.54, 1.807) is 12.4 Å². The van der Waals surface area contributed by atoms with E-state index in [4.69, 9.17) is 10.5 Å². The Labute approximate surface area is 157 Å². The van der Waals surface area contributed by atoms with Gasteiger partial charge in [-0.05, 0) is 66.7 Å². The SMILES string of the molecule is C=Nc1cc(-c2cc(C)n3ncc(-c4ccncc4)c3c2)ccc1OCN. The number of rotatable bonds is 5. The Bertz CT molecular complexity index is 1120. The highest BCUT2D eigenvalue weighted by molar-refractivity contribution is 5.84. The number of hydrogen-bond acceptors (Lipinski definition) is 5. The smallest absolute Gasteiger partial charge is 0.146 e. The van der Waals surface area contributed by atoms with Crippen molar-refractivity contribution in [3.63, 3.8) is 0 Å². The number of nitrogens with zero attached hydrogens (tertiary/aromatic N) is 4. The van der Waals surface area contributed by atoms with E-state index in [1.807, 2.05) is 48.0 Å². The molecule has 4 aromatic rings. The van der Waals surface area contributed by atoms with E-state index in [9.17, 15) is 0 Å². The van der Waals surface area contributed by atoms with Crippen molar-refractivity contribution in [3.8, 4) is 28.0 Å². The highest BCUT2D eigenvalue weighted by atomic mass is 16.5. The summed E-state index contributed by atoms with van der Waals surface area (Å²) in [6, 6.07) is 14.0. The molecule has 0 radical (unpaired) electrons. The zero-order valence-electron chi connectivity index (χ0n) is 15.0. The topological polar surface area (TPSA) is 77.8 Å². The number of aromatic nitrogens is 3. The molecule has 6 nitrogen and oxygen atoms in total. The fourth-order valence-corrected chi connectivity index (χ4v) is 3.21. The Morgan fingerprint density at radius 3 is 2.63 bits per heavy atom. The van der Waals surface area contributed by atoms with E-state index in [0.717, 1.165) is 33.5 Å². The lowest BCUT2D eigenvalue weighted by Crippen LogP contribution is -2.07. The molecule has 0 aliphatic heterocycles. The molecule has 2 N–H and O–H groups in total.